The van der Waals surface area contributed by atoms with Gasteiger partial charge in [-0.2, -0.15) is 0 Å². The van der Waals surface area contributed by atoms with Crippen molar-refractivity contribution in [3.8, 4) is 5.75 Å². The normalized spacial score (nSPS) is 10.3. The van der Waals surface area contributed by atoms with Crippen LogP contribution in [0.15, 0.2) is 72.8 Å². The molecule has 0 radical (unpaired) electrons. The molecule has 0 heterocycles. The molecule has 0 fully saturated rings. The van der Waals surface area contributed by atoms with Crippen molar-refractivity contribution in [3.63, 3.8) is 0 Å². The molecule has 4 nitrogen and oxygen atoms in total. The number of nitrogens with zero attached hydrogens (tertiary/aromatic N) is 1. The monoisotopic (exact) mass is 363 g/mol. The van der Waals surface area contributed by atoms with Gasteiger partial charge in [0.1, 0.15) is 11.6 Å². The summed E-state index contributed by atoms with van der Waals surface area (Å²) in [5, 5.41) is 0. The van der Waals surface area contributed by atoms with Gasteiger partial charge in [0.25, 0.3) is 5.91 Å². The molecule has 0 saturated carbocycles. The minimum absolute atomic E-state index is 0.133. The number of esters is 1. The summed E-state index contributed by atoms with van der Waals surface area (Å²) in [6.45, 7) is 1.96. The molecule has 3 aromatic rings. The molecule has 3 aromatic carbocycles. The lowest BCUT2D eigenvalue weighted by Gasteiger charge is -2.18. The van der Waals surface area contributed by atoms with Crippen LogP contribution in [0.3, 0.4) is 0 Å². The van der Waals surface area contributed by atoms with E-state index >= 15 is 0 Å². The number of halogens is 1. The van der Waals surface area contributed by atoms with Gasteiger partial charge in [0.15, 0.2) is 0 Å². The molecule has 136 valence electrons. The van der Waals surface area contributed by atoms with Gasteiger partial charge in [0.2, 0.25) is 0 Å². The van der Waals surface area contributed by atoms with Crippen LogP contribution in [0.25, 0.3) is 0 Å². The molecule has 0 bridgehead atoms. The zero-order chi connectivity index (χ0) is 19.4. The number of benzene rings is 3. The zero-order valence-corrected chi connectivity index (χ0v) is 15.0. The van der Waals surface area contributed by atoms with E-state index in [1.165, 1.54) is 29.2 Å². The van der Waals surface area contributed by atoms with Gasteiger partial charge >= 0.3 is 5.97 Å². The van der Waals surface area contributed by atoms with Crippen LogP contribution in [0, 0.1) is 12.7 Å². The molecule has 0 N–H and O–H groups in total. The van der Waals surface area contributed by atoms with Crippen LogP contribution < -0.4 is 9.64 Å². The van der Waals surface area contributed by atoms with Crippen molar-refractivity contribution < 1.29 is 18.7 Å². The Hall–Kier alpha value is -3.47. The first-order valence-electron chi connectivity index (χ1n) is 8.36. The summed E-state index contributed by atoms with van der Waals surface area (Å²) in [6, 6.07) is 19.1. The van der Waals surface area contributed by atoms with Crippen LogP contribution in [0.2, 0.25) is 0 Å². The topological polar surface area (TPSA) is 46.6 Å². The molecule has 0 unspecified atom stereocenters. The minimum atomic E-state index is -0.577. The van der Waals surface area contributed by atoms with Crippen molar-refractivity contribution >= 4 is 17.6 Å². The van der Waals surface area contributed by atoms with Gasteiger partial charge in [-0.15, -0.1) is 0 Å². The second-order valence-corrected chi connectivity index (χ2v) is 6.12. The van der Waals surface area contributed by atoms with Crippen molar-refractivity contribution in [2.75, 3.05) is 11.9 Å². The second-order valence-electron chi connectivity index (χ2n) is 6.12. The zero-order valence-electron chi connectivity index (χ0n) is 15.0. The average Bonchev–Trinajstić information content (AvgIpc) is 2.68. The third-order valence-electron chi connectivity index (χ3n) is 4.12. The Bertz CT molecular complexity index is 948. The van der Waals surface area contributed by atoms with Crippen molar-refractivity contribution in [1.82, 2.24) is 0 Å². The second kappa shape index (κ2) is 7.83. The molecule has 0 aliphatic rings. The molecule has 27 heavy (non-hydrogen) atoms. The lowest BCUT2D eigenvalue weighted by atomic mass is 10.1. The lowest BCUT2D eigenvalue weighted by molar-refractivity contribution is 0.0734. The Morgan fingerprint density at radius 2 is 1.37 bits per heavy atom. The molecule has 0 saturated heterocycles. The first kappa shape index (κ1) is 18.3. The highest BCUT2D eigenvalue weighted by atomic mass is 19.1. The smallest absolute Gasteiger partial charge is 0.343 e. The Labute approximate surface area is 156 Å². The Morgan fingerprint density at radius 1 is 0.815 bits per heavy atom. The fraction of sp³-hybridized carbons (Fsp3) is 0.0909. The van der Waals surface area contributed by atoms with E-state index in [1.54, 1.807) is 43.4 Å². The van der Waals surface area contributed by atoms with E-state index in [0.717, 1.165) is 5.56 Å². The van der Waals surface area contributed by atoms with E-state index < -0.39 is 11.8 Å². The van der Waals surface area contributed by atoms with Gasteiger partial charge in [-0.1, -0.05) is 17.7 Å². The summed E-state index contributed by atoms with van der Waals surface area (Å²) in [7, 11) is 1.68. The molecule has 3 rings (SSSR count). The predicted octanol–water partition coefficient (Wildman–Crippen LogP) is 4.63. The number of hydrogen-bond donors (Lipinski definition) is 0. The molecule has 0 spiro atoms. The van der Waals surface area contributed by atoms with Crippen molar-refractivity contribution in [2.45, 2.75) is 6.92 Å². The Kier molecular flexibility index (Phi) is 5.31. The van der Waals surface area contributed by atoms with E-state index in [0.29, 0.717) is 17.0 Å². The number of ether oxygens (including phenoxy) is 1. The molecule has 5 heteroatoms. The van der Waals surface area contributed by atoms with Gasteiger partial charge in [-0.25, -0.2) is 9.18 Å². The third kappa shape index (κ3) is 4.39. The summed E-state index contributed by atoms with van der Waals surface area (Å²) < 4.78 is 18.2. The number of aryl methyl sites for hydroxylation is 1. The lowest BCUT2D eigenvalue weighted by Crippen LogP contribution is -2.26. The van der Waals surface area contributed by atoms with Crippen molar-refractivity contribution in [1.29, 1.82) is 0 Å². The van der Waals surface area contributed by atoms with Crippen LogP contribution in [0.4, 0.5) is 10.1 Å². The van der Waals surface area contributed by atoms with Crippen LogP contribution in [0.1, 0.15) is 26.3 Å². The molecule has 0 aromatic heterocycles. The maximum absolute atomic E-state index is 12.9. The number of amides is 1. The van der Waals surface area contributed by atoms with Gasteiger partial charge < -0.3 is 9.64 Å². The highest BCUT2D eigenvalue weighted by Gasteiger charge is 2.14. The number of anilines is 1. The van der Waals surface area contributed by atoms with Gasteiger partial charge in [0.05, 0.1) is 5.56 Å². The maximum Gasteiger partial charge on any atom is 0.343 e. The first-order valence-corrected chi connectivity index (χ1v) is 8.36. The van der Waals surface area contributed by atoms with E-state index in [-0.39, 0.29) is 11.5 Å². The SMILES string of the molecule is Cc1ccc(C(=O)N(C)c2ccc(OC(=O)c3ccc(F)cc3)cc2)cc1. The van der Waals surface area contributed by atoms with Gasteiger partial charge in [0, 0.05) is 18.3 Å². The van der Waals surface area contributed by atoms with Crippen LogP contribution in [0.5, 0.6) is 5.75 Å². The largest absolute Gasteiger partial charge is 0.423 e. The van der Waals surface area contributed by atoms with Gasteiger partial charge in [-0.05, 0) is 67.6 Å². The van der Waals surface area contributed by atoms with E-state index in [9.17, 15) is 14.0 Å². The quantitative estimate of drug-likeness (QED) is 0.501. The van der Waals surface area contributed by atoms with Crippen molar-refractivity contribution in [3.05, 3.63) is 95.3 Å². The summed E-state index contributed by atoms with van der Waals surface area (Å²) >= 11 is 0. The summed E-state index contributed by atoms with van der Waals surface area (Å²) in [5.74, 6) is -0.792. The van der Waals surface area contributed by atoms with Crippen molar-refractivity contribution in [2.24, 2.45) is 0 Å². The van der Waals surface area contributed by atoms with E-state index in [4.69, 9.17) is 4.74 Å². The van der Waals surface area contributed by atoms with E-state index in [2.05, 4.69) is 0 Å². The molecular weight excluding hydrogens is 345 g/mol. The molecule has 1 amide bonds. The van der Waals surface area contributed by atoms with Crippen LogP contribution in [-0.2, 0) is 0 Å². The molecule has 0 aliphatic carbocycles. The molecular formula is C22H18FNO3. The number of rotatable bonds is 4. The third-order valence-corrected chi connectivity index (χ3v) is 4.12. The first-order chi connectivity index (χ1) is 12.9. The van der Waals surface area contributed by atoms with Crippen LogP contribution in [-0.4, -0.2) is 18.9 Å². The number of carbonyl (C=O) groups is 2. The standard InChI is InChI=1S/C22H18FNO3/c1-15-3-5-16(6-4-15)21(25)24(2)19-11-13-20(14-12-19)27-22(26)17-7-9-18(23)10-8-17/h3-14H,1-2H3. The average molecular weight is 363 g/mol. The highest BCUT2D eigenvalue weighted by Crippen LogP contribution is 2.21. The highest BCUT2D eigenvalue weighted by molar-refractivity contribution is 6.05. The summed E-state index contributed by atoms with van der Waals surface area (Å²) in [4.78, 5) is 26.1. The summed E-state index contributed by atoms with van der Waals surface area (Å²) in [5.41, 5.74) is 2.60. The van der Waals surface area contributed by atoms with Crippen LogP contribution >= 0.6 is 0 Å². The number of carbonyl (C=O) groups excluding carboxylic acids is 2. The maximum atomic E-state index is 12.9. The Morgan fingerprint density at radius 3 is 1.96 bits per heavy atom. The Balaban J connectivity index is 1.69. The predicted molar refractivity (Wildman–Crippen MR) is 102 cm³/mol. The fourth-order valence-electron chi connectivity index (χ4n) is 2.50. The summed E-state index contributed by atoms with van der Waals surface area (Å²) in [6.07, 6.45) is 0. The van der Waals surface area contributed by atoms with Gasteiger partial charge in [-0.3, -0.25) is 4.79 Å². The fourth-order valence-corrected chi connectivity index (χ4v) is 2.50. The molecule has 0 aliphatic heterocycles. The van der Waals surface area contributed by atoms with E-state index in [1.807, 2.05) is 19.1 Å². The molecule has 0 atom stereocenters. The minimum Gasteiger partial charge on any atom is -0.423 e. The number of hydrogen-bond acceptors (Lipinski definition) is 3.